The van der Waals surface area contributed by atoms with Crippen LogP contribution in [-0.2, 0) is 25.5 Å². The Bertz CT molecular complexity index is 1060. The molecule has 0 unspecified atom stereocenters. The summed E-state index contributed by atoms with van der Waals surface area (Å²) in [6.45, 7) is 5.48. The molecule has 0 spiro atoms. The zero-order valence-electron chi connectivity index (χ0n) is 15.4. The normalized spacial score (nSPS) is 12.8. The van der Waals surface area contributed by atoms with Crippen molar-refractivity contribution in [3.8, 4) is 5.75 Å². The van der Waals surface area contributed by atoms with Gasteiger partial charge in [-0.15, -0.1) is 0 Å². The van der Waals surface area contributed by atoms with Gasteiger partial charge in [0.05, 0.1) is 12.8 Å². The van der Waals surface area contributed by atoms with Gasteiger partial charge in [-0.05, 0) is 12.1 Å². The van der Waals surface area contributed by atoms with E-state index in [-0.39, 0.29) is 11.6 Å². The number of benzene rings is 1. The van der Waals surface area contributed by atoms with Crippen molar-refractivity contribution in [3.63, 3.8) is 0 Å². The first kappa shape index (κ1) is 21.9. The fourth-order valence-corrected chi connectivity index (χ4v) is 3.77. The summed E-state index contributed by atoms with van der Waals surface area (Å²) in [5, 5.41) is 3.61. The van der Waals surface area contributed by atoms with Gasteiger partial charge >= 0.3 is 5.76 Å². The predicted octanol–water partition coefficient (Wildman–Crippen LogP) is 2.75. The molecule has 2 rings (SSSR count). The maximum absolute atomic E-state index is 12.7. The van der Waals surface area contributed by atoms with Gasteiger partial charge < -0.3 is 9.26 Å². The lowest BCUT2D eigenvalue weighted by atomic mass is 9.93. The van der Waals surface area contributed by atoms with E-state index in [1.54, 1.807) is 4.72 Å². The lowest BCUT2D eigenvalue weighted by molar-refractivity contribution is 0.236. The third-order valence-corrected chi connectivity index (χ3v) is 5.84. The molecule has 0 saturated heterocycles. The van der Waals surface area contributed by atoms with E-state index in [4.69, 9.17) is 9.26 Å². The van der Waals surface area contributed by atoms with Crippen LogP contribution in [0.25, 0.3) is 0 Å². The summed E-state index contributed by atoms with van der Waals surface area (Å²) >= 11 is 0. The van der Waals surface area contributed by atoms with Gasteiger partial charge in [-0.25, -0.2) is 16.8 Å². The molecule has 2 N–H and O–H groups in total. The van der Waals surface area contributed by atoms with E-state index in [0.29, 0.717) is 5.76 Å². The molecule has 0 aliphatic rings. The zero-order chi connectivity index (χ0) is 21.3. The number of anilines is 2. The molecule has 13 heteroatoms. The van der Waals surface area contributed by atoms with Gasteiger partial charge in [0.1, 0.15) is 16.4 Å². The van der Waals surface area contributed by atoms with Crippen molar-refractivity contribution in [2.75, 3.05) is 16.6 Å². The van der Waals surface area contributed by atoms with Crippen LogP contribution in [0.1, 0.15) is 26.5 Å². The molecule has 0 aliphatic carbocycles. The van der Waals surface area contributed by atoms with Gasteiger partial charge in [0, 0.05) is 17.5 Å². The number of nitrogens with one attached hydrogen (secondary N) is 2. The highest BCUT2D eigenvalue weighted by Gasteiger charge is 2.29. The average molecular weight is 439 g/mol. The van der Waals surface area contributed by atoms with E-state index in [0.717, 1.165) is 12.1 Å². The van der Waals surface area contributed by atoms with Crippen LogP contribution in [0.4, 0.5) is 20.3 Å². The van der Waals surface area contributed by atoms with E-state index < -0.39 is 41.8 Å². The number of rotatable bonds is 7. The van der Waals surface area contributed by atoms with Crippen LogP contribution in [0, 0.1) is 0 Å². The number of sulfonamides is 2. The van der Waals surface area contributed by atoms with Crippen LogP contribution in [0.2, 0.25) is 0 Å². The maximum Gasteiger partial charge on any atom is 0.355 e. The van der Waals surface area contributed by atoms with E-state index in [2.05, 4.69) is 9.88 Å². The van der Waals surface area contributed by atoms with Crippen LogP contribution < -0.4 is 14.2 Å². The Kier molecular flexibility index (Phi) is 5.90. The maximum atomic E-state index is 12.7. The number of halogens is 2. The highest BCUT2D eigenvalue weighted by molar-refractivity contribution is 7.94. The Morgan fingerprint density at radius 2 is 1.75 bits per heavy atom. The van der Waals surface area contributed by atoms with Crippen molar-refractivity contribution < 1.29 is 34.9 Å². The minimum atomic E-state index is -5.11. The lowest BCUT2D eigenvalue weighted by Crippen LogP contribution is -2.23. The fourth-order valence-electron chi connectivity index (χ4n) is 2.02. The summed E-state index contributed by atoms with van der Waals surface area (Å²) in [6.07, 6.45) is 0. The molecule has 0 bridgehead atoms. The van der Waals surface area contributed by atoms with Gasteiger partial charge in [-0.3, -0.25) is 9.44 Å². The van der Waals surface area contributed by atoms with E-state index >= 15 is 0 Å². The van der Waals surface area contributed by atoms with Gasteiger partial charge in [0.25, 0.3) is 20.0 Å². The topological polar surface area (TPSA) is 128 Å². The number of hydrogen-bond acceptors (Lipinski definition) is 7. The first-order valence-electron chi connectivity index (χ1n) is 7.74. The van der Waals surface area contributed by atoms with Gasteiger partial charge in [0.15, 0.2) is 5.82 Å². The minimum absolute atomic E-state index is 0.0578. The molecule has 9 nitrogen and oxygen atoms in total. The molecular weight excluding hydrogens is 420 g/mol. The summed E-state index contributed by atoms with van der Waals surface area (Å²) in [4.78, 5) is -0.599. The number of methoxy groups -OCH3 is 1. The van der Waals surface area contributed by atoms with Crippen molar-refractivity contribution in [1.82, 2.24) is 5.16 Å². The number of aromatic nitrogens is 1. The summed E-state index contributed by atoms with van der Waals surface area (Å²) < 4.78 is 87.4. The Labute approximate surface area is 161 Å². The first-order chi connectivity index (χ1) is 12.8. The molecule has 2 aromatic rings. The number of hydrogen-bond donors (Lipinski definition) is 2. The summed E-state index contributed by atoms with van der Waals surface area (Å²) in [7, 11) is -8.26. The molecule has 0 fully saturated rings. The quantitative estimate of drug-likeness (QED) is 0.679. The van der Waals surface area contributed by atoms with Gasteiger partial charge in [-0.1, -0.05) is 25.9 Å². The first-order valence-corrected chi connectivity index (χ1v) is 10.8. The molecule has 1 aromatic heterocycles. The van der Waals surface area contributed by atoms with Crippen LogP contribution in [0.3, 0.4) is 0 Å². The standard InChI is InChI=1S/C15H19F2N3O6S2/c1-15(2,3)12-8-13(18-26-12)20-27(21,22)11-6-5-9(25-4)7-10(11)19-28(23,24)14(16)17/h5-8,14,19H,1-4H3,(H,18,20). The lowest BCUT2D eigenvalue weighted by Gasteiger charge is -2.14. The van der Waals surface area contributed by atoms with Gasteiger partial charge in [-0.2, -0.15) is 8.78 Å². The Balaban J connectivity index is 2.46. The number of alkyl halides is 2. The molecule has 0 amide bonds. The Morgan fingerprint density at radius 1 is 1.11 bits per heavy atom. The van der Waals surface area contributed by atoms with Crippen molar-refractivity contribution in [1.29, 1.82) is 0 Å². The number of ether oxygens (including phenoxy) is 1. The molecular formula is C15H19F2N3O6S2. The highest BCUT2D eigenvalue weighted by Crippen LogP contribution is 2.31. The number of nitrogens with zero attached hydrogens (tertiary/aromatic N) is 1. The molecule has 156 valence electrons. The van der Waals surface area contributed by atoms with E-state index in [1.807, 2.05) is 20.8 Å². The SMILES string of the molecule is COc1ccc(S(=O)(=O)Nc2cc(C(C)(C)C)on2)c(NS(=O)(=O)C(F)F)c1. The Morgan fingerprint density at radius 3 is 2.25 bits per heavy atom. The highest BCUT2D eigenvalue weighted by atomic mass is 32.2. The van der Waals surface area contributed by atoms with Crippen molar-refractivity contribution in [3.05, 3.63) is 30.0 Å². The Hall–Kier alpha value is -2.41. The largest absolute Gasteiger partial charge is 0.497 e. The van der Waals surface area contributed by atoms with Crippen molar-refractivity contribution in [2.24, 2.45) is 0 Å². The van der Waals surface area contributed by atoms with Crippen molar-refractivity contribution in [2.45, 2.75) is 36.8 Å². The summed E-state index contributed by atoms with van der Waals surface area (Å²) in [5.74, 6) is -3.45. The second-order valence-corrected chi connectivity index (χ2v) is 10.0. The molecule has 0 atom stereocenters. The summed E-state index contributed by atoms with van der Waals surface area (Å²) in [6, 6.07) is 4.58. The van der Waals surface area contributed by atoms with Crippen LogP contribution in [0.5, 0.6) is 5.75 Å². The van der Waals surface area contributed by atoms with Crippen molar-refractivity contribution >= 4 is 31.6 Å². The molecule has 0 radical (unpaired) electrons. The van der Waals surface area contributed by atoms with Gasteiger partial charge in [0.2, 0.25) is 0 Å². The fraction of sp³-hybridized carbons (Fsp3) is 0.400. The predicted molar refractivity (Wildman–Crippen MR) is 97.6 cm³/mol. The smallest absolute Gasteiger partial charge is 0.355 e. The zero-order valence-corrected chi connectivity index (χ0v) is 17.0. The summed E-state index contributed by atoms with van der Waals surface area (Å²) in [5.41, 5.74) is -1.04. The molecule has 1 heterocycles. The second-order valence-electron chi connectivity index (χ2n) is 6.70. The molecule has 0 saturated carbocycles. The monoisotopic (exact) mass is 439 g/mol. The van der Waals surface area contributed by atoms with E-state index in [1.165, 1.54) is 19.2 Å². The molecule has 0 aliphatic heterocycles. The minimum Gasteiger partial charge on any atom is -0.497 e. The third kappa shape index (κ3) is 4.90. The average Bonchev–Trinajstić information content (AvgIpc) is 3.02. The van der Waals surface area contributed by atoms with Crippen LogP contribution in [-0.4, -0.2) is 34.9 Å². The molecule has 28 heavy (non-hydrogen) atoms. The third-order valence-electron chi connectivity index (χ3n) is 3.45. The van der Waals surface area contributed by atoms with Crippen LogP contribution >= 0.6 is 0 Å². The van der Waals surface area contributed by atoms with E-state index in [9.17, 15) is 25.6 Å². The molecule has 1 aromatic carbocycles. The van der Waals surface area contributed by atoms with Crippen LogP contribution in [0.15, 0.2) is 33.7 Å². The second kappa shape index (κ2) is 7.54.